The molecule has 0 saturated carbocycles. The van der Waals surface area contributed by atoms with Crippen LogP contribution in [0.5, 0.6) is 0 Å². The summed E-state index contributed by atoms with van der Waals surface area (Å²) in [6.07, 6.45) is 2.10. The van der Waals surface area contributed by atoms with Crippen LogP contribution in [0.25, 0.3) is 0 Å². The van der Waals surface area contributed by atoms with Crippen LogP contribution in [-0.2, 0) is 4.74 Å². The van der Waals surface area contributed by atoms with Crippen molar-refractivity contribution in [3.63, 3.8) is 0 Å². The summed E-state index contributed by atoms with van der Waals surface area (Å²) < 4.78 is 5.51. The lowest BCUT2D eigenvalue weighted by Crippen LogP contribution is -2.31. The zero-order valence-corrected chi connectivity index (χ0v) is 15.2. The second-order valence-corrected chi connectivity index (χ2v) is 6.76. The molecule has 1 fully saturated rings. The highest BCUT2D eigenvalue weighted by Crippen LogP contribution is 2.16. The molecule has 136 valence electrons. The summed E-state index contributed by atoms with van der Waals surface area (Å²) in [5.41, 5.74) is 3.84. The summed E-state index contributed by atoms with van der Waals surface area (Å²) in [6.45, 7) is 5.23. The number of hydrogen-bond acceptors (Lipinski definition) is 3. The third-order valence-corrected chi connectivity index (χ3v) is 4.38. The van der Waals surface area contributed by atoms with Gasteiger partial charge in [0.1, 0.15) is 0 Å². The van der Waals surface area contributed by atoms with E-state index in [2.05, 4.69) is 16.7 Å². The van der Waals surface area contributed by atoms with Crippen molar-refractivity contribution in [2.75, 3.05) is 18.5 Å². The number of anilines is 1. The van der Waals surface area contributed by atoms with E-state index in [-0.39, 0.29) is 17.9 Å². The Morgan fingerprint density at radius 3 is 2.38 bits per heavy atom. The van der Waals surface area contributed by atoms with E-state index in [0.717, 1.165) is 36.3 Å². The van der Waals surface area contributed by atoms with Gasteiger partial charge in [0.05, 0.1) is 6.10 Å². The monoisotopic (exact) mass is 352 g/mol. The van der Waals surface area contributed by atoms with E-state index in [1.807, 2.05) is 26.0 Å². The molecule has 0 bridgehead atoms. The van der Waals surface area contributed by atoms with Crippen molar-refractivity contribution < 1.29 is 14.3 Å². The van der Waals surface area contributed by atoms with E-state index in [1.54, 1.807) is 24.3 Å². The predicted molar refractivity (Wildman–Crippen MR) is 102 cm³/mol. The molecule has 2 aromatic rings. The Morgan fingerprint density at radius 2 is 1.73 bits per heavy atom. The topological polar surface area (TPSA) is 67.4 Å². The van der Waals surface area contributed by atoms with Gasteiger partial charge in [0.25, 0.3) is 11.8 Å². The van der Waals surface area contributed by atoms with Gasteiger partial charge in [-0.2, -0.15) is 0 Å². The van der Waals surface area contributed by atoms with Gasteiger partial charge < -0.3 is 15.4 Å². The van der Waals surface area contributed by atoms with Crippen LogP contribution in [0, 0.1) is 13.8 Å². The van der Waals surface area contributed by atoms with Gasteiger partial charge in [-0.1, -0.05) is 12.1 Å². The Balaban J connectivity index is 1.65. The molecule has 1 heterocycles. The van der Waals surface area contributed by atoms with E-state index in [0.29, 0.717) is 17.7 Å². The minimum absolute atomic E-state index is 0.0926. The lowest BCUT2D eigenvalue weighted by atomic mass is 10.1. The Labute approximate surface area is 153 Å². The zero-order valence-electron chi connectivity index (χ0n) is 15.2. The SMILES string of the molecule is Cc1cc(C)cc(NC(=O)c2cccc(C(=O)NCC3CCCO3)c2)c1. The summed E-state index contributed by atoms with van der Waals surface area (Å²) in [7, 11) is 0. The van der Waals surface area contributed by atoms with Gasteiger partial charge >= 0.3 is 0 Å². The highest BCUT2D eigenvalue weighted by atomic mass is 16.5. The number of hydrogen-bond donors (Lipinski definition) is 2. The number of ether oxygens (including phenoxy) is 1. The first-order chi connectivity index (χ1) is 12.5. The fourth-order valence-electron chi connectivity index (χ4n) is 3.17. The second kappa shape index (κ2) is 8.15. The highest BCUT2D eigenvalue weighted by molar-refractivity contribution is 6.06. The van der Waals surface area contributed by atoms with Crippen LogP contribution >= 0.6 is 0 Å². The molecule has 26 heavy (non-hydrogen) atoms. The van der Waals surface area contributed by atoms with Crippen molar-refractivity contribution in [3.05, 3.63) is 64.7 Å². The number of carbonyl (C=O) groups is 2. The van der Waals surface area contributed by atoms with Gasteiger partial charge in [0.2, 0.25) is 0 Å². The van der Waals surface area contributed by atoms with Crippen LogP contribution in [0.4, 0.5) is 5.69 Å². The number of amides is 2. The minimum atomic E-state index is -0.233. The van der Waals surface area contributed by atoms with Crippen molar-refractivity contribution in [1.82, 2.24) is 5.32 Å². The van der Waals surface area contributed by atoms with E-state index < -0.39 is 0 Å². The second-order valence-electron chi connectivity index (χ2n) is 6.76. The molecular formula is C21H24N2O3. The normalized spacial score (nSPS) is 16.3. The maximum absolute atomic E-state index is 12.5. The smallest absolute Gasteiger partial charge is 0.255 e. The Bertz CT molecular complexity index is 790. The van der Waals surface area contributed by atoms with E-state index in [9.17, 15) is 9.59 Å². The lowest BCUT2D eigenvalue weighted by molar-refractivity contribution is 0.0858. The maximum Gasteiger partial charge on any atom is 0.255 e. The first-order valence-corrected chi connectivity index (χ1v) is 8.91. The average Bonchev–Trinajstić information content (AvgIpc) is 3.12. The van der Waals surface area contributed by atoms with Gasteiger partial charge in [-0.25, -0.2) is 0 Å². The summed E-state index contributed by atoms with van der Waals surface area (Å²) in [5.74, 6) is -0.426. The molecule has 5 nitrogen and oxygen atoms in total. The summed E-state index contributed by atoms with van der Waals surface area (Å²) in [6, 6.07) is 12.6. The summed E-state index contributed by atoms with van der Waals surface area (Å²) in [4.78, 5) is 24.8. The molecule has 3 rings (SSSR count). The van der Waals surface area contributed by atoms with Crippen LogP contribution < -0.4 is 10.6 Å². The van der Waals surface area contributed by atoms with Crippen LogP contribution in [0.3, 0.4) is 0 Å². The molecule has 0 aliphatic carbocycles. The van der Waals surface area contributed by atoms with Gasteiger partial charge in [-0.3, -0.25) is 9.59 Å². The lowest BCUT2D eigenvalue weighted by Gasteiger charge is -2.11. The molecule has 1 aliphatic heterocycles. The fraction of sp³-hybridized carbons (Fsp3) is 0.333. The van der Waals surface area contributed by atoms with E-state index in [4.69, 9.17) is 4.74 Å². The first kappa shape index (κ1) is 18.1. The van der Waals surface area contributed by atoms with Gasteiger partial charge in [-0.05, 0) is 68.1 Å². The molecule has 1 atom stereocenters. The zero-order chi connectivity index (χ0) is 18.5. The Hall–Kier alpha value is -2.66. The highest BCUT2D eigenvalue weighted by Gasteiger charge is 2.17. The first-order valence-electron chi connectivity index (χ1n) is 8.91. The molecule has 5 heteroatoms. The molecule has 1 unspecified atom stereocenters. The third kappa shape index (κ3) is 4.70. The van der Waals surface area contributed by atoms with E-state index in [1.165, 1.54) is 0 Å². The quantitative estimate of drug-likeness (QED) is 0.866. The number of nitrogens with one attached hydrogen (secondary N) is 2. The van der Waals surface area contributed by atoms with Crippen molar-refractivity contribution in [1.29, 1.82) is 0 Å². The number of carbonyl (C=O) groups excluding carboxylic acids is 2. The van der Waals surface area contributed by atoms with Crippen LogP contribution in [0.15, 0.2) is 42.5 Å². The fourth-order valence-corrected chi connectivity index (χ4v) is 3.17. The summed E-state index contributed by atoms with van der Waals surface area (Å²) in [5, 5.41) is 5.77. The van der Waals surface area contributed by atoms with Gasteiger partial charge in [-0.15, -0.1) is 0 Å². The van der Waals surface area contributed by atoms with Crippen LogP contribution in [0.2, 0.25) is 0 Å². The molecule has 2 N–H and O–H groups in total. The van der Waals surface area contributed by atoms with Crippen molar-refractivity contribution in [2.24, 2.45) is 0 Å². The average molecular weight is 352 g/mol. The standard InChI is InChI=1S/C21H24N2O3/c1-14-9-15(2)11-18(10-14)23-21(25)17-6-3-5-16(12-17)20(24)22-13-19-7-4-8-26-19/h3,5-6,9-12,19H,4,7-8,13H2,1-2H3,(H,22,24)(H,23,25). The van der Waals surface area contributed by atoms with E-state index >= 15 is 0 Å². The maximum atomic E-state index is 12.5. The molecule has 0 aromatic heterocycles. The van der Waals surface area contributed by atoms with Gasteiger partial charge in [0.15, 0.2) is 0 Å². The third-order valence-electron chi connectivity index (χ3n) is 4.38. The summed E-state index contributed by atoms with van der Waals surface area (Å²) >= 11 is 0. The molecule has 1 saturated heterocycles. The Morgan fingerprint density at radius 1 is 1.04 bits per heavy atom. The molecular weight excluding hydrogens is 328 g/mol. The molecule has 2 amide bonds. The van der Waals surface area contributed by atoms with Gasteiger partial charge in [0, 0.05) is 30.0 Å². The van der Waals surface area contributed by atoms with Crippen LogP contribution in [-0.4, -0.2) is 31.1 Å². The molecule has 2 aromatic carbocycles. The molecule has 0 radical (unpaired) electrons. The van der Waals surface area contributed by atoms with Crippen molar-refractivity contribution in [2.45, 2.75) is 32.8 Å². The minimum Gasteiger partial charge on any atom is -0.376 e. The van der Waals surface area contributed by atoms with Crippen molar-refractivity contribution >= 4 is 17.5 Å². The van der Waals surface area contributed by atoms with Crippen LogP contribution in [0.1, 0.15) is 44.7 Å². The number of aryl methyl sites for hydroxylation is 2. The predicted octanol–water partition coefficient (Wildman–Crippen LogP) is 3.46. The van der Waals surface area contributed by atoms with Crippen molar-refractivity contribution in [3.8, 4) is 0 Å². The molecule has 1 aliphatic rings. The number of benzene rings is 2. The largest absolute Gasteiger partial charge is 0.376 e. The number of rotatable bonds is 5. The molecule has 0 spiro atoms. The Kier molecular flexibility index (Phi) is 5.68.